The third-order valence-electron chi connectivity index (χ3n) is 8.73. The number of aromatic nitrogens is 1. The summed E-state index contributed by atoms with van der Waals surface area (Å²) in [6.07, 6.45) is 0. The normalized spacial score (nSPS) is 11.9. The Morgan fingerprint density at radius 3 is 1.80 bits per heavy atom. The van der Waals surface area contributed by atoms with Crippen molar-refractivity contribution in [3.05, 3.63) is 152 Å². The molecule has 0 saturated carbocycles. The average molecular weight is 520 g/mol. The summed E-state index contributed by atoms with van der Waals surface area (Å²) in [5.41, 5.74) is 6.13. The molecule has 0 saturated heterocycles. The van der Waals surface area contributed by atoms with Gasteiger partial charge in [-0.2, -0.15) is 0 Å². The van der Waals surface area contributed by atoms with Crippen molar-refractivity contribution >= 4 is 64.9 Å². The minimum atomic E-state index is 1.18. The van der Waals surface area contributed by atoms with Crippen LogP contribution in [0.5, 0.6) is 0 Å². The topological polar surface area (TPSA) is 4.93 Å². The Hall–Kier alpha value is -5.40. The molecule has 0 radical (unpaired) electrons. The molecule has 9 aromatic rings. The van der Waals surface area contributed by atoms with Crippen LogP contribution in [0.15, 0.2) is 152 Å². The van der Waals surface area contributed by atoms with Crippen LogP contribution in [-0.2, 0) is 0 Å². The maximum absolute atomic E-state index is 2.40. The molecule has 1 heteroatoms. The molecule has 0 spiro atoms. The first-order valence-electron chi connectivity index (χ1n) is 14.2. The fourth-order valence-electron chi connectivity index (χ4n) is 6.93. The molecule has 1 heterocycles. The lowest BCUT2D eigenvalue weighted by Crippen LogP contribution is -1.93. The summed E-state index contributed by atoms with van der Waals surface area (Å²) in [7, 11) is 0. The second kappa shape index (κ2) is 8.55. The van der Waals surface area contributed by atoms with Crippen molar-refractivity contribution < 1.29 is 0 Å². The van der Waals surface area contributed by atoms with E-state index in [-0.39, 0.29) is 0 Å². The molecule has 190 valence electrons. The molecule has 0 atom stereocenters. The summed E-state index contributed by atoms with van der Waals surface area (Å²) in [5.74, 6) is 0. The van der Waals surface area contributed by atoms with Crippen molar-refractivity contribution in [2.24, 2.45) is 0 Å². The smallest absolute Gasteiger partial charge is 0.0547 e. The molecule has 8 aromatic carbocycles. The van der Waals surface area contributed by atoms with Crippen LogP contribution in [0.4, 0.5) is 0 Å². The Kier molecular flexibility index (Phi) is 4.67. The number of hydrogen-bond acceptors (Lipinski definition) is 0. The maximum Gasteiger partial charge on any atom is 0.0547 e. The average Bonchev–Trinajstić information content (AvgIpc) is 3.38. The van der Waals surface area contributed by atoms with Crippen LogP contribution in [0, 0.1) is 0 Å². The van der Waals surface area contributed by atoms with E-state index in [1.54, 1.807) is 0 Å². The highest BCUT2D eigenvalue weighted by molar-refractivity contribution is 6.29. The molecular weight excluding hydrogens is 494 g/mol. The predicted octanol–water partition coefficient (Wildman–Crippen LogP) is 11.1. The second-order valence-corrected chi connectivity index (χ2v) is 10.9. The van der Waals surface area contributed by atoms with Gasteiger partial charge in [0, 0.05) is 16.5 Å². The van der Waals surface area contributed by atoms with Crippen LogP contribution in [0.1, 0.15) is 0 Å². The number of hydrogen-bond donors (Lipinski definition) is 0. The molecule has 0 aliphatic carbocycles. The Balaban J connectivity index is 1.39. The first-order chi connectivity index (χ1) is 20.3. The molecule has 9 rings (SSSR count). The summed E-state index contributed by atoms with van der Waals surface area (Å²) >= 11 is 0. The number of rotatable bonds is 2. The van der Waals surface area contributed by atoms with E-state index in [0.717, 1.165) is 0 Å². The first-order valence-corrected chi connectivity index (χ1v) is 14.2. The van der Waals surface area contributed by atoms with Gasteiger partial charge in [0.2, 0.25) is 0 Å². The van der Waals surface area contributed by atoms with Crippen molar-refractivity contribution in [1.29, 1.82) is 0 Å². The third-order valence-corrected chi connectivity index (χ3v) is 8.73. The molecule has 0 fully saturated rings. The number of fused-ring (bicyclic) bond motifs is 10. The zero-order valence-electron chi connectivity index (χ0n) is 22.4. The van der Waals surface area contributed by atoms with Crippen LogP contribution in [0.3, 0.4) is 0 Å². The zero-order valence-corrected chi connectivity index (χ0v) is 22.4. The van der Waals surface area contributed by atoms with Gasteiger partial charge in [0.05, 0.1) is 11.0 Å². The lowest BCUT2D eigenvalue weighted by Gasteiger charge is -2.15. The van der Waals surface area contributed by atoms with Crippen LogP contribution >= 0.6 is 0 Å². The van der Waals surface area contributed by atoms with Crippen molar-refractivity contribution in [3.63, 3.8) is 0 Å². The van der Waals surface area contributed by atoms with Crippen LogP contribution < -0.4 is 0 Å². The largest absolute Gasteiger partial charge is 0.309 e. The number of para-hydroxylation sites is 2. The Labute approximate surface area is 237 Å². The van der Waals surface area contributed by atoms with Gasteiger partial charge in [0.15, 0.2) is 0 Å². The van der Waals surface area contributed by atoms with Gasteiger partial charge >= 0.3 is 0 Å². The van der Waals surface area contributed by atoms with Gasteiger partial charge < -0.3 is 4.57 Å². The summed E-state index contributed by atoms with van der Waals surface area (Å²) in [5, 5.41) is 12.9. The predicted molar refractivity (Wildman–Crippen MR) is 176 cm³/mol. The van der Waals surface area contributed by atoms with E-state index in [9.17, 15) is 0 Å². The zero-order chi connectivity index (χ0) is 26.9. The number of nitrogens with zero attached hydrogens (tertiary/aromatic N) is 1. The van der Waals surface area contributed by atoms with Gasteiger partial charge in [-0.3, -0.25) is 0 Å². The lowest BCUT2D eigenvalue weighted by atomic mass is 9.89. The number of benzene rings is 8. The van der Waals surface area contributed by atoms with Gasteiger partial charge in [0.25, 0.3) is 0 Å². The Bertz CT molecular complexity index is 2460. The highest BCUT2D eigenvalue weighted by Gasteiger charge is 2.16. The van der Waals surface area contributed by atoms with Gasteiger partial charge in [-0.05, 0) is 84.5 Å². The summed E-state index contributed by atoms with van der Waals surface area (Å²) in [6, 6.07) is 55.5. The van der Waals surface area contributed by atoms with Gasteiger partial charge in [0.1, 0.15) is 0 Å². The summed E-state index contributed by atoms with van der Waals surface area (Å²) < 4.78 is 2.40. The molecule has 0 unspecified atom stereocenters. The van der Waals surface area contributed by atoms with E-state index in [1.165, 1.54) is 81.7 Å². The fourth-order valence-corrected chi connectivity index (χ4v) is 6.93. The minimum absolute atomic E-state index is 1.18. The molecule has 0 N–H and O–H groups in total. The van der Waals surface area contributed by atoms with E-state index < -0.39 is 0 Å². The van der Waals surface area contributed by atoms with E-state index in [1.807, 2.05) is 0 Å². The maximum atomic E-state index is 2.40. The lowest BCUT2D eigenvalue weighted by molar-refractivity contribution is 1.18. The second-order valence-electron chi connectivity index (χ2n) is 10.9. The van der Waals surface area contributed by atoms with Crippen LogP contribution in [-0.4, -0.2) is 4.57 Å². The molecule has 0 aliphatic rings. The standard InChI is InChI=1S/C40H25N/c1-2-11-30(12-3-1)41-37-17-9-8-15-33(37)34-23-22-28(25-38(34)41)36-24-29-21-20-27-19-18-26-10-4-5-13-31(26)39(27)40(29)35-16-7-6-14-32(35)36/h1-25H. The molecule has 41 heavy (non-hydrogen) atoms. The van der Waals surface area contributed by atoms with Crippen LogP contribution in [0.2, 0.25) is 0 Å². The van der Waals surface area contributed by atoms with Crippen molar-refractivity contribution in [3.8, 4) is 16.8 Å². The van der Waals surface area contributed by atoms with E-state index in [0.29, 0.717) is 0 Å². The molecule has 1 nitrogen and oxygen atoms in total. The van der Waals surface area contributed by atoms with E-state index in [4.69, 9.17) is 0 Å². The third kappa shape index (κ3) is 3.24. The van der Waals surface area contributed by atoms with Crippen molar-refractivity contribution in [2.45, 2.75) is 0 Å². The molecule has 0 bridgehead atoms. The fraction of sp³-hybridized carbons (Fsp3) is 0. The van der Waals surface area contributed by atoms with Gasteiger partial charge in [-0.1, -0.05) is 121 Å². The van der Waals surface area contributed by atoms with Gasteiger partial charge in [-0.25, -0.2) is 0 Å². The quantitative estimate of drug-likeness (QED) is 0.200. The highest BCUT2D eigenvalue weighted by atomic mass is 15.0. The van der Waals surface area contributed by atoms with Crippen molar-refractivity contribution in [1.82, 2.24) is 4.57 Å². The Morgan fingerprint density at radius 1 is 0.341 bits per heavy atom. The molecule has 1 aromatic heterocycles. The first kappa shape index (κ1) is 22.4. The monoisotopic (exact) mass is 519 g/mol. The summed E-state index contributed by atoms with van der Waals surface area (Å²) in [4.78, 5) is 0. The van der Waals surface area contributed by atoms with Crippen LogP contribution in [0.25, 0.3) is 81.7 Å². The molecule has 0 aliphatic heterocycles. The summed E-state index contributed by atoms with van der Waals surface area (Å²) in [6.45, 7) is 0. The minimum Gasteiger partial charge on any atom is -0.309 e. The van der Waals surface area contributed by atoms with E-state index in [2.05, 4.69) is 156 Å². The van der Waals surface area contributed by atoms with Crippen molar-refractivity contribution in [2.75, 3.05) is 0 Å². The van der Waals surface area contributed by atoms with E-state index >= 15 is 0 Å². The Morgan fingerprint density at radius 2 is 0.951 bits per heavy atom. The SMILES string of the molecule is c1ccc(-n2c3ccccc3c3ccc(-c4cc5ccc6ccc7ccccc7c6c5c5ccccc45)cc32)cc1. The van der Waals surface area contributed by atoms with Gasteiger partial charge in [-0.15, -0.1) is 0 Å². The molecule has 0 amide bonds. The highest BCUT2D eigenvalue weighted by Crippen LogP contribution is 2.42. The molecular formula is C40H25N.